The maximum atomic E-state index is 12.6. The molecule has 1 N–H and O–H groups in total. The first-order valence-corrected chi connectivity index (χ1v) is 7.51. The van der Waals surface area contributed by atoms with Gasteiger partial charge in [0.1, 0.15) is 3.92 Å². The molecule has 11 heteroatoms. The molecule has 0 aliphatic rings. The van der Waals surface area contributed by atoms with Crippen LogP contribution in [0, 0.1) is 0 Å². The lowest BCUT2D eigenvalue weighted by Gasteiger charge is -2.13. The van der Waals surface area contributed by atoms with Crippen LogP contribution in [0.4, 0.5) is 8.78 Å². The van der Waals surface area contributed by atoms with E-state index >= 15 is 0 Å². The monoisotopic (exact) mass is 416 g/mol. The van der Waals surface area contributed by atoms with Gasteiger partial charge in [-0.15, -0.1) is 0 Å². The average molecular weight is 416 g/mol. The van der Waals surface area contributed by atoms with E-state index in [-0.39, 0.29) is 0 Å². The summed E-state index contributed by atoms with van der Waals surface area (Å²) in [5.74, 6) is -2.07. The van der Waals surface area contributed by atoms with Crippen molar-refractivity contribution in [1.82, 2.24) is 0 Å². The van der Waals surface area contributed by atoms with Crippen LogP contribution in [0.25, 0.3) is 0 Å². The Kier molecular flexibility index (Phi) is 7.07. The average Bonchev–Trinajstić information content (AvgIpc) is 2.30. The van der Waals surface area contributed by atoms with Crippen LogP contribution < -0.4 is 0 Å². The Labute approximate surface area is 121 Å². The number of alkyl halides is 3. The van der Waals surface area contributed by atoms with Crippen molar-refractivity contribution < 1.29 is 40.8 Å². The molecule has 0 saturated carbocycles. The first-order chi connectivity index (χ1) is 8.51. The van der Waals surface area contributed by atoms with E-state index in [4.69, 9.17) is 4.55 Å². The quantitative estimate of drug-likeness (QED) is 0.283. The predicted molar refractivity (Wildman–Crippen MR) is 66.5 cm³/mol. The number of carbonyl (C=O) groups is 2. The fourth-order valence-corrected chi connectivity index (χ4v) is 1.06. The number of ether oxygens (including phenoxy) is 2. The Bertz CT molecular complexity index is 436. The van der Waals surface area contributed by atoms with Gasteiger partial charge in [0.2, 0.25) is 0 Å². The van der Waals surface area contributed by atoms with Gasteiger partial charge in [0, 0.05) is 0 Å². The second-order valence-electron chi connectivity index (χ2n) is 3.26. The highest BCUT2D eigenvalue weighted by Gasteiger charge is 2.45. The first-order valence-electron chi connectivity index (χ1n) is 4.82. The van der Waals surface area contributed by atoms with Crippen LogP contribution in [0.1, 0.15) is 13.3 Å². The molecule has 0 rings (SSSR count). The molecule has 0 aromatic heterocycles. The molecule has 0 bridgehead atoms. The number of carbonyl (C=O) groups excluding carboxylic acids is 2. The number of rotatable bonds is 7. The minimum Gasteiger partial charge on any atom is -0.455 e. The molecule has 0 aliphatic carbocycles. The Morgan fingerprint density at radius 3 is 2.32 bits per heavy atom. The Morgan fingerprint density at radius 2 is 1.89 bits per heavy atom. The van der Waals surface area contributed by atoms with E-state index in [1.807, 2.05) is 0 Å². The van der Waals surface area contributed by atoms with Crippen LogP contribution in [0.2, 0.25) is 0 Å². The fraction of sp³-hybridized carbons (Fsp3) is 0.750. The van der Waals surface area contributed by atoms with Crippen LogP contribution in [0.5, 0.6) is 0 Å². The van der Waals surface area contributed by atoms with Crippen LogP contribution in [-0.2, 0) is 29.2 Å². The molecule has 0 radical (unpaired) electrons. The molecule has 0 aromatic carbocycles. The Balaban J connectivity index is 4.19. The van der Waals surface area contributed by atoms with Crippen molar-refractivity contribution in [3.63, 3.8) is 0 Å². The van der Waals surface area contributed by atoms with Gasteiger partial charge in [-0.25, -0.2) is 4.79 Å². The largest absolute Gasteiger partial charge is 0.455 e. The maximum Gasteiger partial charge on any atom is 0.402 e. The van der Waals surface area contributed by atoms with Gasteiger partial charge in [-0.05, 0) is 6.42 Å². The van der Waals surface area contributed by atoms with E-state index < -0.39 is 44.4 Å². The maximum absolute atomic E-state index is 12.6. The molecule has 0 fully saturated rings. The predicted octanol–water partition coefficient (Wildman–Crippen LogP) is 0.767. The van der Waals surface area contributed by atoms with E-state index in [1.54, 1.807) is 29.5 Å². The van der Waals surface area contributed by atoms with Crippen LogP contribution in [0.3, 0.4) is 0 Å². The zero-order valence-electron chi connectivity index (χ0n) is 9.64. The summed E-state index contributed by atoms with van der Waals surface area (Å²) < 4.78 is 61.6. The van der Waals surface area contributed by atoms with Crippen molar-refractivity contribution in [2.75, 3.05) is 13.2 Å². The molecular formula is C8H11F2IO7S. The molecule has 7 nitrogen and oxygen atoms in total. The topological polar surface area (TPSA) is 107 Å². The number of hydrogen-bond donors (Lipinski definition) is 1. The van der Waals surface area contributed by atoms with Gasteiger partial charge in [0.15, 0.2) is 13.2 Å². The Morgan fingerprint density at radius 1 is 1.37 bits per heavy atom. The molecule has 0 spiro atoms. The van der Waals surface area contributed by atoms with Crippen molar-refractivity contribution in [3.8, 4) is 0 Å². The van der Waals surface area contributed by atoms with Gasteiger partial charge in [0.25, 0.3) is 0 Å². The Hall–Kier alpha value is -0.560. The van der Waals surface area contributed by atoms with Gasteiger partial charge < -0.3 is 9.47 Å². The second kappa shape index (κ2) is 7.28. The molecule has 0 saturated heterocycles. The molecule has 0 amide bonds. The van der Waals surface area contributed by atoms with Crippen molar-refractivity contribution in [3.05, 3.63) is 0 Å². The summed E-state index contributed by atoms with van der Waals surface area (Å²) in [6.45, 7) is -1.08. The van der Waals surface area contributed by atoms with Crippen LogP contribution in [-0.4, -0.2) is 47.3 Å². The minimum absolute atomic E-state index is 0.454. The van der Waals surface area contributed by atoms with Gasteiger partial charge in [-0.1, -0.05) is 29.5 Å². The molecule has 1 atom stereocenters. The molecular weight excluding hydrogens is 405 g/mol. The summed E-state index contributed by atoms with van der Waals surface area (Å²) >= 11 is 1.76. The lowest BCUT2D eigenvalue weighted by Crippen LogP contribution is -2.35. The third-order valence-corrected chi connectivity index (χ3v) is 3.99. The van der Waals surface area contributed by atoms with Crippen molar-refractivity contribution >= 4 is 44.6 Å². The summed E-state index contributed by atoms with van der Waals surface area (Å²) in [6.07, 6.45) is 0.454. The molecule has 19 heavy (non-hydrogen) atoms. The summed E-state index contributed by atoms with van der Waals surface area (Å²) in [4.78, 5) is 22.0. The van der Waals surface area contributed by atoms with Gasteiger partial charge in [0.05, 0.1) is 0 Å². The second-order valence-corrected chi connectivity index (χ2v) is 6.31. The van der Waals surface area contributed by atoms with Gasteiger partial charge >= 0.3 is 27.3 Å². The smallest absolute Gasteiger partial charge is 0.402 e. The number of halogens is 3. The minimum atomic E-state index is -5.67. The lowest BCUT2D eigenvalue weighted by molar-refractivity contribution is -0.162. The summed E-state index contributed by atoms with van der Waals surface area (Å²) in [5, 5.41) is -4.61. The molecule has 1 unspecified atom stereocenters. The van der Waals surface area contributed by atoms with E-state index in [9.17, 15) is 26.8 Å². The highest BCUT2D eigenvalue weighted by molar-refractivity contribution is 14.1. The highest BCUT2D eigenvalue weighted by Crippen LogP contribution is 2.20. The fourth-order valence-electron chi connectivity index (χ4n) is 0.668. The number of esters is 2. The van der Waals surface area contributed by atoms with E-state index in [1.165, 1.54) is 0 Å². The van der Waals surface area contributed by atoms with E-state index in [0.29, 0.717) is 6.42 Å². The van der Waals surface area contributed by atoms with Gasteiger partial charge in [-0.3, -0.25) is 9.35 Å². The standard InChI is InChI=1S/C8H11F2IO7S/c1-2-5(11)7(13)17-3-6(12)18-4-8(9,10)19(14,15)16/h5H,2-4H2,1H3,(H,14,15,16). The highest BCUT2D eigenvalue weighted by atomic mass is 127. The normalized spacial score (nSPS) is 13.7. The van der Waals surface area contributed by atoms with E-state index in [0.717, 1.165) is 0 Å². The summed E-state index contributed by atoms with van der Waals surface area (Å²) in [7, 11) is -5.67. The molecule has 0 heterocycles. The zero-order chi connectivity index (χ0) is 15.3. The molecule has 0 aliphatic heterocycles. The van der Waals surface area contributed by atoms with E-state index in [2.05, 4.69) is 9.47 Å². The molecule has 0 aromatic rings. The van der Waals surface area contributed by atoms with Crippen molar-refractivity contribution in [1.29, 1.82) is 0 Å². The molecule has 112 valence electrons. The summed E-state index contributed by atoms with van der Waals surface area (Å²) in [6, 6.07) is 0. The SMILES string of the molecule is CCC(I)C(=O)OCC(=O)OCC(F)(F)S(=O)(=O)O. The third-order valence-electron chi connectivity index (χ3n) is 1.73. The first kappa shape index (κ1) is 18.4. The van der Waals surface area contributed by atoms with Crippen molar-refractivity contribution in [2.24, 2.45) is 0 Å². The number of hydrogen-bond acceptors (Lipinski definition) is 6. The van der Waals surface area contributed by atoms with Crippen LogP contribution in [0.15, 0.2) is 0 Å². The van der Waals surface area contributed by atoms with Crippen LogP contribution >= 0.6 is 22.6 Å². The third kappa shape index (κ3) is 6.42. The lowest BCUT2D eigenvalue weighted by atomic mass is 10.3. The van der Waals surface area contributed by atoms with Crippen molar-refractivity contribution in [2.45, 2.75) is 22.5 Å². The zero-order valence-corrected chi connectivity index (χ0v) is 12.6. The van der Waals surface area contributed by atoms with Gasteiger partial charge in [-0.2, -0.15) is 17.2 Å². The summed E-state index contributed by atoms with van der Waals surface area (Å²) in [5.41, 5.74) is 0.